The fraction of sp³-hybridized carbons (Fsp3) is 0.545. The molecule has 2 aromatic heterocycles. The number of rotatable bonds is 11. The molecule has 4 aliphatic heterocycles. The van der Waals surface area contributed by atoms with Crippen LogP contribution in [0.25, 0.3) is 21.5 Å². The fourth-order valence-electron chi connectivity index (χ4n) is 10.4. The lowest BCUT2D eigenvalue weighted by Gasteiger charge is -2.47. The van der Waals surface area contributed by atoms with Crippen LogP contribution in [-0.2, 0) is 23.5 Å². The number of carbonyl (C=O) groups excluding carboxylic acids is 3. The Morgan fingerprint density at radius 2 is 0.955 bits per heavy atom. The number of carbonyl (C=O) groups is 3. The van der Waals surface area contributed by atoms with Gasteiger partial charge >= 0.3 is 25.4 Å². The van der Waals surface area contributed by atoms with E-state index in [0.29, 0.717) is 92.7 Å². The molecule has 0 atom stereocenters. The van der Waals surface area contributed by atoms with Crippen LogP contribution in [0.5, 0.6) is 17.2 Å². The average Bonchev–Trinajstić information content (AvgIpc) is 3.36. The maximum Gasteiger partial charge on any atom is 0.498 e. The van der Waals surface area contributed by atoms with Gasteiger partial charge in [0.1, 0.15) is 40.4 Å². The maximum atomic E-state index is 12.3. The third-order valence-electron chi connectivity index (χ3n) is 15.3. The standard InChI is InChI=1S/C24H35BN2O5.C24H26N4O3S.C18H23BrN2O3/c1-16-10-17(12-26)11-18(25-31-22(5,6)23(7,8)32-25)19(16)29-15-24(9)13-27(14-24)20(28)30-21(2,3)4;1-15-8-16(10-25)9-17(19-21-18(6-7-32-21)26-14-27-19)20(15)30-13-24(5)11-28(12-24)22(29)31-23(2,3)4;1-12-6-13(8-20)7-14(19)15(12)23-11-18(5)9-21(10-18)16(22)24-17(2,3)4/h10-11H,13-15H2,1-9H3;6-9,14H,11-13H2,1-5H3;6-7H,9-11H2,1-5H3. The Balaban J connectivity index is 0.000000191. The topological polar surface area (TPSA) is 232 Å². The number of likely N-dealkylation sites (tertiary alicyclic amines) is 3. The van der Waals surface area contributed by atoms with E-state index in [9.17, 15) is 24.9 Å². The largest absolute Gasteiger partial charge is 0.498 e. The minimum absolute atomic E-state index is 0.101. The predicted molar refractivity (Wildman–Crippen MR) is 342 cm³/mol. The summed E-state index contributed by atoms with van der Waals surface area (Å²) in [7, 11) is -0.630. The zero-order valence-electron chi connectivity index (χ0n) is 54.5. The molecule has 0 radical (unpaired) electrons. The van der Waals surface area contributed by atoms with Crippen LogP contribution in [0.4, 0.5) is 14.4 Å². The summed E-state index contributed by atoms with van der Waals surface area (Å²) < 4.78 is 49.1. The van der Waals surface area contributed by atoms with Crippen molar-refractivity contribution in [3.05, 3.63) is 92.0 Å². The molecule has 22 heteroatoms. The molecule has 0 spiro atoms. The van der Waals surface area contributed by atoms with Crippen LogP contribution in [0, 0.1) is 71.0 Å². The van der Waals surface area contributed by atoms with E-state index in [1.54, 1.807) is 50.3 Å². The van der Waals surface area contributed by atoms with Crippen LogP contribution in [0.3, 0.4) is 0 Å². The maximum absolute atomic E-state index is 12.3. The molecule has 0 bridgehead atoms. The Kier molecular flexibility index (Phi) is 20.0. The minimum atomic E-state index is -0.630. The van der Waals surface area contributed by atoms with Crippen LogP contribution in [0.15, 0.2) is 58.6 Å². The number of fused-ring (bicyclic) bond motifs is 1. The molecule has 470 valence electrons. The zero-order chi connectivity index (χ0) is 65.3. The summed E-state index contributed by atoms with van der Waals surface area (Å²) >= 11 is 5.02. The summed E-state index contributed by atoms with van der Waals surface area (Å²) in [4.78, 5) is 50.5. The molecular formula is C66H84BBrN8O11S. The fourth-order valence-corrected chi connectivity index (χ4v) is 11.9. The summed E-state index contributed by atoms with van der Waals surface area (Å²) in [5.74, 6) is 2.11. The van der Waals surface area contributed by atoms with Crippen molar-refractivity contribution in [2.75, 3.05) is 59.1 Å². The van der Waals surface area contributed by atoms with E-state index >= 15 is 0 Å². The molecule has 88 heavy (non-hydrogen) atoms. The predicted octanol–water partition coefficient (Wildman–Crippen LogP) is 13.2. The Labute approximate surface area is 531 Å². The molecule has 4 aliphatic rings. The van der Waals surface area contributed by atoms with Gasteiger partial charge in [-0.05, 0) is 191 Å². The lowest BCUT2D eigenvalue weighted by atomic mass is 9.76. The van der Waals surface area contributed by atoms with E-state index in [2.05, 4.69) is 64.9 Å². The highest BCUT2D eigenvalue weighted by atomic mass is 79.9. The third kappa shape index (κ3) is 16.8. The van der Waals surface area contributed by atoms with Gasteiger partial charge in [-0.15, -0.1) is 11.3 Å². The van der Waals surface area contributed by atoms with Crippen molar-refractivity contribution in [1.29, 1.82) is 15.8 Å². The monoisotopic (exact) mass is 1290 g/mol. The Hall–Kier alpha value is -7.16. The second kappa shape index (κ2) is 25.7. The first-order valence-electron chi connectivity index (χ1n) is 29.3. The van der Waals surface area contributed by atoms with Gasteiger partial charge in [-0.1, -0.05) is 20.8 Å². The van der Waals surface area contributed by atoms with Gasteiger partial charge in [-0.3, -0.25) is 0 Å². The van der Waals surface area contributed by atoms with Crippen LogP contribution < -0.4 is 19.7 Å². The van der Waals surface area contributed by atoms with Crippen molar-refractivity contribution in [3.63, 3.8) is 0 Å². The van der Waals surface area contributed by atoms with Crippen molar-refractivity contribution in [2.24, 2.45) is 16.2 Å². The molecule has 6 heterocycles. The Morgan fingerprint density at radius 3 is 1.36 bits per heavy atom. The van der Waals surface area contributed by atoms with Crippen LogP contribution in [0.2, 0.25) is 0 Å². The van der Waals surface area contributed by atoms with Gasteiger partial charge in [0.15, 0.2) is 0 Å². The van der Waals surface area contributed by atoms with Gasteiger partial charge in [0.2, 0.25) is 0 Å². The van der Waals surface area contributed by atoms with Gasteiger partial charge in [0.05, 0.1) is 86.3 Å². The lowest BCUT2D eigenvalue weighted by molar-refractivity contribution is -0.0433. The van der Waals surface area contributed by atoms with Crippen LogP contribution in [0.1, 0.15) is 144 Å². The third-order valence-corrected chi connectivity index (χ3v) is 16.8. The first kappa shape index (κ1) is 68.3. The average molecular weight is 1290 g/mol. The van der Waals surface area contributed by atoms with E-state index in [0.717, 1.165) is 48.4 Å². The highest BCUT2D eigenvalue weighted by Gasteiger charge is 2.53. The molecule has 0 N–H and O–H groups in total. The molecule has 0 aliphatic carbocycles. The van der Waals surface area contributed by atoms with E-state index in [1.807, 2.05) is 134 Å². The molecule has 5 aromatic rings. The second-order valence-electron chi connectivity index (χ2n) is 28.6. The van der Waals surface area contributed by atoms with Crippen molar-refractivity contribution < 1.29 is 52.1 Å². The summed E-state index contributed by atoms with van der Waals surface area (Å²) in [6.45, 7) is 41.6. The van der Waals surface area contributed by atoms with Gasteiger partial charge in [-0.25, -0.2) is 24.4 Å². The number of amides is 3. The number of hydrogen-bond acceptors (Lipinski definition) is 17. The minimum Gasteiger partial charge on any atom is -0.493 e. The van der Waals surface area contributed by atoms with Gasteiger partial charge in [0.25, 0.3) is 0 Å². The SMILES string of the molecule is Cc1cc(C#N)cc(-c2ncnc3ccsc23)c1OCC1(C)CN(C(=O)OC(C)(C)C)C1.Cc1cc(C#N)cc(B2OC(C)(C)C(C)(C)O2)c1OCC1(C)CN(C(=O)OC(C)(C)C)C1.Cc1cc(C#N)cc(Br)c1OCC1(C)CN(C(=O)OC(C)(C)C)C1. The molecule has 0 saturated carbocycles. The zero-order valence-corrected chi connectivity index (χ0v) is 56.9. The van der Waals surface area contributed by atoms with Gasteiger partial charge in [-0.2, -0.15) is 15.8 Å². The molecule has 4 fully saturated rings. The number of hydrogen-bond donors (Lipinski definition) is 0. The number of nitriles is 3. The molecular weight excluding hydrogens is 1200 g/mol. The second-order valence-corrected chi connectivity index (χ2v) is 30.3. The van der Waals surface area contributed by atoms with Crippen molar-refractivity contribution in [1.82, 2.24) is 24.7 Å². The normalized spacial score (nSPS) is 17.6. The summed E-state index contributed by atoms with van der Waals surface area (Å²) in [6.07, 6.45) is 0.651. The van der Waals surface area contributed by atoms with Crippen LogP contribution >= 0.6 is 27.3 Å². The number of thiophene rings is 1. The Morgan fingerprint density at radius 1 is 0.580 bits per heavy atom. The molecule has 19 nitrogen and oxygen atoms in total. The van der Waals surface area contributed by atoms with Gasteiger partial charge in [0, 0.05) is 66.5 Å². The van der Waals surface area contributed by atoms with Gasteiger partial charge < -0.3 is 52.4 Å². The highest BCUT2D eigenvalue weighted by molar-refractivity contribution is 9.10. The molecule has 3 amide bonds. The molecule has 0 unspecified atom stereocenters. The first-order valence-corrected chi connectivity index (χ1v) is 31.0. The van der Waals surface area contributed by atoms with Crippen LogP contribution in [-0.4, -0.2) is 137 Å². The number of halogens is 1. The van der Waals surface area contributed by atoms with Crippen molar-refractivity contribution in [3.8, 4) is 46.7 Å². The van der Waals surface area contributed by atoms with Crippen molar-refractivity contribution in [2.45, 2.75) is 160 Å². The number of ether oxygens (including phenoxy) is 6. The first-order chi connectivity index (χ1) is 40.7. The number of benzene rings is 3. The summed E-state index contributed by atoms with van der Waals surface area (Å²) in [6, 6.07) is 19.3. The molecule has 9 rings (SSSR count). The number of aromatic nitrogens is 2. The van der Waals surface area contributed by atoms with Crippen molar-refractivity contribution >= 4 is 68.3 Å². The molecule has 4 saturated heterocycles. The lowest BCUT2D eigenvalue weighted by Crippen LogP contribution is -2.60. The number of aryl methyl sites for hydroxylation is 3. The summed E-state index contributed by atoms with van der Waals surface area (Å²) in [5.41, 5.74) is 4.44. The van der Waals surface area contributed by atoms with E-state index in [1.165, 1.54) is 6.33 Å². The number of nitrogens with zero attached hydrogens (tertiary/aromatic N) is 8. The van der Waals surface area contributed by atoms with E-state index < -0.39 is 35.1 Å². The Bertz CT molecular complexity index is 3530. The van der Waals surface area contributed by atoms with E-state index in [-0.39, 0.29) is 34.5 Å². The molecule has 3 aromatic carbocycles. The quantitative estimate of drug-likeness (QED) is 0.0883. The smallest absolute Gasteiger partial charge is 0.493 e. The summed E-state index contributed by atoms with van der Waals surface area (Å²) in [5, 5.41) is 29.9. The highest BCUT2D eigenvalue weighted by Crippen LogP contribution is 2.42. The van der Waals surface area contributed by atoms with E-state index in [4.69, 9.17) is 43.0 Å².